The van der Waals surface area contributed by atoms with Gasteiger partial charge >= 0.3 is 0 Å². The highest BCUT2D eigenvalue weighted by Crippen LogP contribution is 2.41. The molecular formula is C26H25N5O. The molecule has 160 valence electrons. The summed E-state index contributed by atoms with van der Waals surface area (Å²) in [5.74, 6) is 0.0303. The summed E-state index contributed by atoms with van der Waals surface area (Å²) in [4.78, 5) is 29.8. The molecule has 6 heteroatoms. The average molecular weight is 424 g/mol. The monoisotopic (exact) mass is 423 g/mol. The quantitative estimate of drug-likeness (QED) is 0.538. The fourth-order valence-corrected chi connectivity index (χ4v) is 5.52. The van der Waals surface area contributed by atoms with Crippen LogP contribution in [0.4, 0.5) is 0 Å². The molecule has 6 rings (SSSR count). The summed E-state index contributed by atoms with van der Waals surface area (Å²) < 4.78 is 0. The van der Waals surface area contributed by atoms with Crippen molar-refractivity contribution in [1.29, 1.82) is 0 Å². The van der Waals surface area contributed by atoms with E-state index in [2.05, 4.69) is 80.5 Å². The molecule has 6 nitrogen and oxygen atoms in total. The summed E-state index contributed by atoms with van der Waals surface area (Å²) in [5, 5.41) is 0. The van der Waals surface area contributed by atoms with E-state index in [0.717, 1.165) is 31.4 Å². The van der Waals surface area contributed by atoms with E-state index in [0.29, 0.717) is 23.2 Å². The van der Waals surface area contributed by atoms with Crippen molar-refractivity contribution in [3.8, 4) is 0 Å². The number of fused-ring (bicyclic) bond motifs is 3. The van der Waals surface area contributed by atoms with Crippen LogP contribution in [0.1, 0.15) is 40.4 Å². The topological polar surface area (TPSA) is 65.1 Å². The fourth-order valence-electron chi connectivity index (χ4n) is 5.52. The Labute approximate surface area is 186 Å². The normalized spacial score (nSPS) is 20.8. The highest BCUT2D eigenvalue weighted by atomic mass is 16.2. The van der Waals surface area contributed by atoms with Crippen molar-refractivity contribution in [2.45, 2.75) is 31.0 Å². The zero-order chi connectivity index (χ0) is 21.5. The van der Waals surface area contributed by atoms with Gasteiger partial charge in [-0.3, -0.25) is 14.7 Å². The Morgan fingerprint density at radius 3 is 2.16 bits per heavy atom. The van der Waals surface area contributed by atoms with E-state index in [-0.39, 0.29) is 11.9 Å². The minimum absolute atomic E-state index is 0.0303. The minimum atomic E-state index is 0.0303. The third kappa shape index (κ3) is 3.19. The largest absolute Gasteiger partial charge is 0.343 e. The predicted octanol–water partition coefficient (Wildman–Crippen LogP) is 4.04. The first kappa shape index (κ1) is 19.2. The Morgan fingerprint density at radius 1 is 0.906 bits per heavy atom. The molecule has 2 fully saturated rings. The molecule has 2 aromatic heterocycles. The number of aromatic nitrogens is 3. The van der Waals surface area contributed by atoms with Crippen LogP contribution < -0.4 is 0 Å². The van der Waals surface area contributed by atoms with Crippen molar-refractivity contribution < 1.29 is 4.79 Å². The van der Waals surface area contributed by atoms with Crippen LogP contribution in [0.25, 0.3) is 11.0 Å². The van der Waals surface area contributed by atoms with Gasteiger partial charge in [0.2, 0.25) is 0 Å². The summed E-state index contributed by atoms with van der Waals surface area (Å²) in [6.07, 6.45) is 7.20. The second-order valence-electron chi connectivity index (χ2n) is 8.75. The van der Waals surface area contributed by atoms with Crippen LogP contribution in [0, 0.1) is 0 Å². The van der Waals surface area contributed by atoms with E-state index in [9.17, 15) is 4.79 Å². The van der Waals surface area contributed by atoms with Crippen LogP contribution in [0.15, 0.2) is 79.4 Å². The maximum absolute atomic E-state index is 13.5. The van der Waals surface area contributed by atoms with Gasteiger partial charge in [0.15, 0.2) is 0 Å². The molecular weight excluding hydrogens is 398 g/mol. The fraction of sp³-hybridized carbons (Fsp3) is 0.269. The Balaban J connectivity index is 1.32. The lowest BCUT2D eigenvalue weighted by atomic mass is 9.94. The number of piperazine rings is 1. The van der Waals surface area contributed by atoms with Crippen LogP contribution >= 0.6 is 0 Å². The second kappa shape index (κ2) is 7.88. The van der Waals surface area contributed by atoms with Crippen LogP contribution in [-0.2, 0) is 0 Å². The van der Waals surface area contributed by atoms with Crippen molar-refractivity contribution in [1.82, 2.24) is 24.8 Å². The van der Waals surface area contributed by atoms with Crippen molar-refractivity contribution in [3.05, 3.63) is 96.1 Å². The number of pyridine rings is 1. The molecule has 0 spiro atoms. The van der Waals surface area contributed by atoms with Crippen LogP contribution in [0.5, 0.6) is 0 Å². The molecule has 2 saturated heterocycles. The van der Waals surface area contributed by atoms with Gasteiger partial charge in [-0.05, 0) is 24.0 Å². The molecule has 2 aliphatic heterocycles. The van der Waals surface area contributed by atoms with Crippen molar-refractivity contribution in [3.63, 3.8) is 0 Å². The molecule has 2 atom stereocenters. The van der Waals surface area contributed by atoms with Crippen LogP contribution in [-0.4, -0.2) is 55.8 Å². The van der Waals surface area contributed by atoms with Gasteiger partial charge in [0.05, 0.1) is 29.6 Å². The predicted molar refractivity (Wildman–Crippen MR) is 123 cm³/mol. The molecule has 2 aliphatic rings. The highest BCUT2D eigenvalue weighted by molar-refractivity contribution is 6.04. The number of hydrogen-bond donors (Lipinski definition) is 1. The molecule has 0 radical (unpaired) electrons. The van der Waals surface area contributed by atoms with Gasteiger partial charge in [-0.25, -0.2) is 4.98 Å². The van der Waals surface area contributed by atoms with E-state index in [1.807, 2.05) is 4.90 Å². The number of aromatic amines is 1. The zero-order valence-electron chi connectivity index (χ0n) is 17.8. The summed E-state index contributed by atoms with van der Waals surface area (Å²) >= 11 is 0. The minimum Gasteiger partial charge on any atom is -0.343 e. The summed E-state index contributed by atoms with van der Waals surface area (Å²) in [7, 11) is 0. The second-order valence-corrected chi connectivity index (χ2v) is 8.75. The summed E-state index contributed by atoms with van der Waals surface area (Å²) in [6.45, 7) is 1.46. The number of amides is 1. The number of hydrogen-bond acceptors (Lipinski definition) is 4. The molecule has 4 heterocycles. The summed E-state index contributed by atoms with van der Waals surface area (Å²) in [5.41, 5.74) is 4.69. The lowest BCUT2D eigenvalue weighted by Crippen LogP contribution is -2.56. The standard InChI is InChI=1S/C26H25N5O/c32-26(22-13-27-14-23-24(22)29-17-28-23)30-15-20-11-12-21(16-30)31(20)25(18-7-3-1-4-8-18)19-9-5-2-6-10-19/h1-10,13-14,17,20-21,25H,11-12,15-16H2,(H,28,29). The molecule has 2 unspecified atom stereocenters. The Kier molecular flexibility index (Phi) is 4.72. The van der Waals surface area contributed by atoms with Gasteiger partial charge < -0.3 is 9.88 Å². The number of imidazole rings is 1. The van der Waals surface area contributed by atoms with Gasteiger partial charge in [-0.15, -0.1) is 0 Å². The van der Waals surface area contributed by atoms with E-state index in [1.165, 1.54) is 11.1 Å². The van der Waals surface area contributed by atoms with E-state index < -0.39 is 0 Å². The first-order valence-electron chi connectivity index (χ1n) is 11.2. The number of nitrogens with one attached hydrogen (secondary N) is 1. The van der Waals surface area contributed by atoms with E-state index in [4.69, 9.17) is 0 Å². The van der Waals surface area contributed by atoms with Gasteiger partial charge in [0, 0.05) is 31.4 Å². The average Bonchev–Trinajstić information content (AvgIpc) is 3.42. The van der Waals surface area contributed by atoms with Gasteiger partial charge in [0.1, 0.15) is 5.52 Å². The molecule has 32 heavy (non-hydrogen) atoms. The number of likely N-dealkylation sites (tertiary alicyclic amines) is 1. The Hall–Kier alpha value is -3.51. The number of carbonyl (C=O) groups is 1. The smallest absolute Gasteiger partial charge is 0.257 e. The third-order valence-electron chi connectivity index (χ3n) is 6.92. The number of H-pyrrole nitrogens is 1. The van der Waals surface area contributed by atoms with Crippen molar-refractivity contribution >= 4 is 16.9 Å². The molecule has 2 bridgehead atoms. The van der Waals surface area contributed by atoms with Gasteiger partial charge in [0.25, 0.3) is 5.91 Å². The third-order valence-corrected chi connectivity index (χ3v) is 6.92. The number of nitrogens with zero attached hydrogens (tertiary/aromatic N) is 4. The molecule has 0 saturated carbocycles. The first-order valence-corrected chi connectivity index (χ1v) is 11.2. The summed E-state index contributed by atoms with van der Waals surface area (Å²) in [6, 6.07) is 22.3. The Bertz CT molecular complexity index is 1190. The first-order chi connectivity index (χ1) is 15.8. The molecule has 1 N–H and O–H groups in total. The maximum Gasteiger partial charge on any atom is 0.257 e. The SMILES string of the molecule is O=C(c1cncc2[nH]cnc12)N1CC2CCC(C1)N2C(c1ccccc1)c1ccccc1. The van der Waals surface area contributed by atoms with Crippen LogP contribution in [0.2, 0.25) is 0 Å². The molecule has 2 aromatic carbocycles. The molecule has 4 aromatic rings. The lowest BCUT2D eigenvalue weighted by Gasteiger charge is -2.45. The van der Waals surface area contributed by atoms with E-state index in [1.54, 1.807) is 18.7 Å². The number of rotatable bonds is 4. The van der Waals surface area contributed by atoms with E-state index >= 15 is 0 Å². The maximum atomic E-state index is 13.5. The Morgan fingerprint density at radius 2 is 1.53 bits per heavy atom. The lowest BCUT2D eigenvalue weighted by molar-refractivity contribution is 0.0341. The number of carbonyl (C=O) groups excluding carboxylic acids is 1. The van der Waals surface area contributed by atoms with Gasteiger partial charge in [-0.2, -0.15) is 0 Å². The zero-order valence-corrected chi connectivity index (χ0v) is 17.8. The highest BCUT2D eigenvalue weighted by Gasteiger charge is 2.45. The van der Waals surface area contributed by atoms with Crippen molar-refractivity contribution in [2.75, 3.05) is 13.1 Å². The molecule has 0 aliphatic carbocycles. The number of benzene rings is 2. The van der Waals surface area contributed by atoms with Crippen molar-refractivity contribution in [2.24, 2.45) is 0 Å². The molecule has 1 amide bonds. The van der Waals surface area contributed by atoms with Gasteiger partial charge in [-0.1, -0.05) is 60.7 Å². The van der Waals surface area contributed by atoms with Crippen LogP contribution in [0.3, 0.4) is 0 Å².